The highest BCUT2D eigenvalue weighted by Crippen LogP contribution is 2.25. The molecule has 0 aliphatic rings. The number of aliphatic hydroxyl groups is 5. The Morgan fingerprint density at radius 2 is 1.75 bits per heavy atom. The summed E-state index contributed by atoms with van der Waals surface area (Å²) in [5.41, 5.74) is -1.76. The summed E-state index contributed by atoms with van der Waals surface area (Å²) in [7, 11) is 0. The van der Waals surface area contributed by atoms with Crippen LogP contribution < -0.4 is 0 Å². The van der Waals surface area contributed by atoms with Crippen molar-refractivity contribution in [1.29, 1.82) is 0 Å². The lowest BCUT2D eigenvalue weighted by Gasteiger charge is -2.34. The van der Waals surface area contributed by atoms with Crippen LogP contribution in [-0.4, -0.2) is 60.7 Å². The van der Waals surface area contributed by atoms with Crippen LogP contribution in [0, 0.1) is 0 Å². The molecule has 0 unspecified atom stereocenters. The van der Waals surface area contributed by atoms with Gasteiger partial charge in [0.05, 0.1) is 6.61 Å². The molecule has 0 aromatic heterocycles. The molecule has 0 aliphatic heterocycles. The van der Waals surface area contributed by atoms with Gasteiger partial charge in [-0.3, -0.25) is 4.79 Å². The van der Waals surface area contributed by atoms with Gasteiger partial charge in [-0.15, -0.1) is 0 Å². The quantitative estimate of drug-likeness (QED) is 0.401. The molecule has 5 N–H and O–H groups in total. The lowest BCUT2D eigenvalue weighted by Crippen LogP contribution is -2.57. The molecule has 0 bridgehead atoms. The summed E-state index contributed by atoms with van der Waals surface area (Å²) in [5, 5.41) is 48.0. The van der Waals surface area contributed by atoms with Gasteiger partial charge < -0.3 is 25.5 Å². The van der Waals surface area contributed by atoms with Crippen molar-refractivity contribution in [3.05, 3.63) is 35.9 Å². The number of hydrogen-bond donors (Lipinski definition) is 5. The number of halogens is 1. The third kappa shape index (κ3) is 3.85. The molecule has 112 valence electrons. The van der Waals surface area contributed by atoms with Gasteiger partial charge in [-0.05, 0) is 21.5 Å². The lowest BCUT2D eigenvalue weighted by molar-refractivity contribution is -0.166. The first-order chi connectivity index (χ1) is 9.32. The van der Waals surface area contributed by atoms with Crippen LogP contribution in [0.2, 0.25) is 0 Å². The van der Waals surface area contributed by atoms with Gasteiger partial charge in [0.1, 0.15) is 18.3 Å². The van der Waals surface area contributed by atoms with Gasteiger partial charge in [0.15, 0.2) is 5.60 Å². The average molecular weight is 349 g/mol. The molecule has 0 saturated carbocycles. The van der Waals surface area contributed by atoms with Crippen molar-refractivity contribution in [2.24, 2.45) is 0 Å². The zero-order valence-corrected chi connectivity index (χ0v) is 12.1. The Morgan fingerprint density at radius 1 is 1.20 bits per heavy atom. The zero-order chi connectivity index (χ0) is 15.3. The Bertz CT molecular complexity index is 440. The Balaban J connectivity index is 3.00. The van der Waals surface area contributed by atoms with Crippen LogP contribution in [0.3, 0.4) is 0 Å². The van der Waals surface area contributed by atoms with E-state index in [9.17, 15) is 25.2 Å². The van der Waals surface area contributed by atoms with Crippen molar-refractivity contribution in [1.82, 2.24) is 0 Å². The monoisotopic (exact) mass is 348 g/mol. The Hall–Kier alpha value is -0.830. The normalized spacial score (nSPS) is 18.9. The molecule has 0 radical (unpaired) electrons. The summed E-state index contributed by atoms with van der Waals surface area (Å²) >= 11 is 2.59. The van der Waals surface area contributed by atoms with E-state index in [0.717, 1.165) is 0 Å². The maximum atomic E-state index is 11.6. The fraction of sp³-hybridized carbons (Fsp3) is 0.462. The van der Waals surface area contributed by atoms with Crippen LogP contribution in [0.1, 0.15) is 5.56 Å². The number of benzene rings is 1. The molecule has 7 heteroatoms. The molecule has 0 amide bonds. The summed E-state index contributed by atoms with van der Waals surface area (Å²) in [6, 6.07) is 8.42. The van der Waals surface area contributed by atoms with Crippen LogP contribution >= 0.6 is 15.9 Å². The summed E-state index contributed by atoms with van der Waals surface area (Å²) in [6.45, 7) is -0.809. The van der Waals surface area contributed by atoms with Crippen LogP contribution in [0.5, 0.6) is 0 Å². The largest absolute Gasteiger partial charge is 0.394 e. The van der Waals surface area contributed by atoms with E-state index in [1.807, 2.05) is 0 Å². The van der Waals surface area contributed by atoms with Crippen LogP contribution in [0.4, 0.5) is 0 Å². The van der Waals surface area contributed by atoms with Gasteiger partial charge in [-0.25, -0.2) is 0 Å². The Morgan fingerprint density at radius 3 is 2.20 bits per heavy atom. The maximum Gasteiger partial charge on any atom is 0.232 e. The average Bonchev–Trinajstić information content (AvgIpc) is 2.45. The Labute approximate surface area is 124 Å². The van der Waals surface area contributed by atoms with Crippen molar-refractivity contribution < 1.29 is 30.3 Å². The van der Waals surface area contributed by atoms with E-state index in [1.165, 1.54) is 0 Å². The van der Waals surface area contributed by atoms with Gasteiger partial charge in [0.2, 0.25) is 4.69 Å². The second kappa shape index (κ2) is 7.26. The molecule has 0 aliphatic carbocycles. The van der Waals surface area contributed by atoms with Crippen LogP contribution in [0.15, 0.2) is 30.3 Å². The number of hydrogen-bond acceptors (Lipinski definition) is 6. The summed E-state index contributed by atoms with van der Waals surface area (Å²) < 4.78 is -0.925. The minimum absolute atomic E-state index is 0.256. The molecular weight excluding hydrogens is 332 g/mol. The topological polar surface area (TPSA) is 118 Å². The van der Waals surface area contributed by atoms with E-state index < -0.39 is 35.2 Å². The molecular formula is C13H17BrO6. The molecule has 4 atom stereocenters. The summed E-state index contributed by atoms with van der Waals surface area (Å²) in [6.07, 6.45) is -5.75. The fourth-order valence-corrected chi connectivity index (χ4v) is 2.17. The van der Waals surface area contributed by atoms with Crippen LogP contribution in [0.25, 0.3) is 0 Å². The molecule has 1 aromatic rings. The predicted molar refractivity (Wildman–Crippen MR) is 74.1 cm³/mol. The smallest absolute Gasteiger partial charge is 0.232 e. The van der Waals surface area contributed by atoms with E-state index in [1.54, 1.807) is 30.3 Å². The second-order valence-corrected chi connectivity index (χ2v) is 5.27. The molecule has 1 rings (SSSR count). The predicted octanol–water partition coefficient (Wildman–Crippen LogP) is -1.04. The maximum absolute atomic E-state index is 11.6. The standard InChI is InChI=1S/C13H17BrO6/c14-12(19)13(20,6-8-4-2-1-3-5-8)11(18)10(17)9(16)7-15/h1-5,9-11,15-18,20H,6-7H2/t9-,10-,11+,13-/m1/s1. The summed E-state index contributed by atoms with van der Waals surface area (Å²) in [4.78, 5) is 11.6. The first kappa shape index (κ1) is 17.2. The Kier molecular flexibility index (Phi) is 6.25. The number of rotatable bonds is 7. The zero-order valence-electron chi connectivity index (χ0n) is 10.6. The highest BCUT2D eigenvalue weighted by Gasteiger charge is 2.47. The second-order valence-electron chi connectivity index (χ2n) is 4.55. The highest BCUT2D eigenvalue weighted by atomic mass is 79.9. The van der Waals surface area contributed by atoms with E-state index in [0.29, 0.717) is 5.56 Å². The molecule has 20 heavy (non-hydrogen) atoms. The number of carbonyl (C=O) groups is 1. The third-order valence-corrected chi connectivity index (χ3v) is 3.74. The molecule has 1 aromatic carbocycles. The first-order valence-corrected chi connectivity index (χ1v) is 6.73. The SMILES string of the molecule is O=C(Br)[C@@](O)(Cc1ccccc1)[C@@H](O)[C@H](O)[C@H](O)CO. The highest BCUT2D eigenvalue weighted by molar-refractivity contribution is 9.18. The van der Waals surface area contributed by atoms with Gasteiger partial charge >= 0.3 is 0 Å². The number of carbonyl (C=O) groups excluding carboxylic acids is 1. The summed E-state index contributed by atoms with van der Waals surface area (Å²) in [5.74, 6) is 0. The first-order valence-electron chi connectivity index (χ1n) is 5.94. The fourth-order valence-electron chi connectivity index (χ4n) is 1.80. The van der Waals surface area contributed by atoms with Gasteiger partial charge in [0, 0.05) is 6.42 Å². The molecule has 0 spiro atoms. The van der Waals surface area contributed by atoms with Crippen molar-refractivity contribution >= 4 is 20.6 Å². The molecule has 6 nitrogen and oxygen atoms in total. The van der Waals surface area contributed by atoms with Gasteiger partial charge in [-0.2, -0.15) is 0 Å². The van der Waals surface area contributed by atoms with Crippen molar-refractivity contribution in [3.8, 4) is 0 Å². The molecule has 0 fully saturated rings. The van der Waals surface area contributed by atoms with E-state index >= 15 is 0 Å². The minimum Gasteiger partial charge on any atom is -0.394 e. The minimum atomic E-state index is -2.32. The van der Waals surface area contributed by atoms with Gasteiger partial charge in [0.25, 0.3) is 0 Å². The molecule has 0 heterocycles. The lowest BCUT2D eigenvalue weighted by atomic mass is 9.86. The van der Waals surface area contributed by atoms with Crippen LogP contribution in [-0.2, 0) is 11.2 Å². The third-order valence-electron chi connectivity index (χ3n) is 3.05. The van der Waals surface area contributed by atoms with Crippen molar-refractivity contribution in [3.63, 3.8) is 0 Å². The number of aliphatic hydroxyl groups excluding tert-OH is 4. The van der Waals surface area contributed by atoms with E-state index in [-0.39, 0.29) is 6.42 Å². The van der Waals surface area contributed by atoms with Gasteiger partial charge in [-0.1, -0.05) is 30.3 Å². The van der Waals surface area contributed by atoms with Crippen molar-refractivity contribution in [2.75, 3.05) is 6.61 Å². The van der Waals surface area contributed by atoms with E-state index in [2.05, 4.69) is 15.9 Å². The van der Waals surface area contributed by atoms with Crippen molar-refractivity contribution in [2.45, 2.75) is 30.3 Å². The molecule has 0 saturated heterocycles. The van der Waals surface area contributed by atoms with E-state index in [4.69, 9.17) is 5.11 Å².